The number of amides is 2. The van der Waals surface area contributed by atoms with E-state index in [1.807, 2.05) is 60.7 Å². The quantitative estimate of drug-likeness (QED) is 0.482. The minimum Gasteiger partial charge on any atom is -0.488 e. The highest BCUT2D eigenvalue weighted by atomic mass is 16.5. The molecule has 3 aromatic carbocycles. The zero-order valence-corrected chi connectivity index (χ0v) is 18.1. The van der Waals surface area contributed by atoms with Gasteiger partial charge in [0.1, 0.15) is 12.4 Å². The third-order valence-electron chi connectivity index (χ3n) is 5.73. The van der Waals surface area contributed by atoms with Crippen molar-refractivity contribution in [3.63, 3.8) is 0 Å². The molecule has 0 atom stereocenters. The molecule has 5 heteroatoms. The molecule has 0 unspecified atom stereocenters. The van der Waals surface area contributed by atoms with Crippen LogP contribution in [0.1, 0.15) is 48.0 Å². The average molecular weight is 429 g/mol. The van der Waals surface area contributed by atoms with Gasteiger partial charge in [-0.2, -0.15) is 0 Å². The molecule has 1 aliphatic rings. The summed E-state index contributed by atoms with van der Waals surface area (Å²) in [5.41, 5.74) is 2.80. The lowest BCUT2D eigenvalue weighted by atomic mass is 9.88. The molecule has 1 aliphatic carbocycles. The molecule has 1 fully saturated rings. The first kappa shape index (κ1) is 21.6. The molecule has 32 heavy (non-hydrogen) atoms. The molecule has 0 spiro atoms. The van der Waals surface area contributed by atoms with Crippen molar-refractivity contribution in [2.75, 3.05) is 10.6 Å². The van der Waals surface area contributed by atoms with Crippen LogP contribution in [0.3, 0.4) is 0 Å². The Kier molecular flexibility index (Phi) is 7.18. The van der Waals surface area contributed by atoms with E-state index in [0.29, 0.717) is 29.3 Å². The molecule has 2 N–H and O–H groups in total. The Balaban J connectivity index is 1.40. The summed E-state index contributed by atoms with van der Waals surface area (Å²) in [4.78, 5) is 25.5. The number of ether oxygens (including phenoxy) is 1. The van der Waals surface area contributed by atoms with Crippen molar-refractivity contribution in [1.29, 1.82) is 0 Å². The Morgan fingerprint density at radius 2 is 1.47 bits per heavy atom. The van der Waals surface area contributed by atoms with Crippen LogP contribution in [0, 0.1) is 5.92 Å². The second kappa shape index (κ2) is 10.6. The van der Waals surface area contributed by atoms with E-state index in [2.05, 4.69) is 10.6 Å². The average Bonchev–Trinajstić information content (AvgIpc) is 2.84. The summed E-state index contributed by atoms with van der Waals surface area (Å²) in [5.74, 6) is 0.406. The highest BCUT2D eigenvalue weighted by Gasteiger charge is 2.21. The van der Waals surface area contributed by atoms with Gasteiger partial charge in [0.2, 0.25) is 5.91 Å². The van der Waals surface area contributed by atoms with Gasteiger partial charge in [0.25, 0.3) is 5.91 Å². The molecule has 0 bridgehead atoms. The Morgan fingerprint density at radius 3 is 2.25 bits per heavy atom. The van der Waals surface area contributed by atoms with Crippen molar-refractivity contribution in [2.24, 2.45) is 5.92 Å². The van der Waals surface area contributed by atoms with Crippen molar-refractivity contribution in [1.82, 2.24) is 0 Å². The minimum atomic E-state index is -0.260. The molecule has 5 nitrogen and oxygen atoms in total. The molecule has 0 aliphatic heterocycles. The summed E-state index contributed by atoms with van der Waals surface area (Å²) >= 11 is 0. The number of benzene rings is 3. The van der Waals surface area contributed by atoms with Crippen LogP contribution in [-0.4, -0.2) is 11.8 Å². The first-order valence-corrected chi connectivity index (χ1v) is 11.2. The van der Waals surface area contributed by atoms with Crippen molar-refractivity contribution >= 4 is 23.2 Å². The van der Waals surface area contributed by atoms with Crippen LogP contribution in [0.2, 0.25) is 0 Å². The van der Waals surface area contributed by atoms with Gasteiger partial charge in [-0.15, -0.1) is 0 Å². The zero-order chi connectivity index (χ0) is 22.2. The maximum Gasteiger partial charge on any atom is 0.259 e. The minimum absolute atomic E-state index is 0.0628. The summed E-state index contributed by atoms with van der Waals surface area (Å²) in [6.07, 6.45) is 5.33. The normalized spacial score (nSPS) is 13.9. The Hall–Kier alpha value is -3.60. The van der Waals surface area contributed by atoms with Crippen molar-refractivity contribution in [2.45, 2.75) is 38.7 Å². The summed E-state index contributed by atoms with van der Waals surface area (Å²) < 4.78 is 5.91. The molecule has 164 valence electrons. The third kappa shape index (κ3) is 5.76. The van der Waals surface area contributed by atoms with Gasteiger partial charge in [0.05, 0.1) is 5.56 Å². The smallest absolute Gasteiger partial charge is 0.259 e. The van der Waals surface area contributed by atoms with E-state index < -0.39 is 0 Å². The highest BCUT2D eigenvalue weighted by molar-refractivity contribution is 6.06. The first-order valence-electron chi connectivity index (χ1n) is 11.2. The van der Waals surface area contributed by atoms with Gasteiger partial charge in [-0.05, 0) is 48.7 Å². The Morgan fingerprint density at radius 1 is 0.781 bits per heavy atom. The number of anilines is 2. The number of hydrogen-bond donors (Lipinski definition) is 2. The number of rotatable bonds is 7. The molecule has 3 aromatic rings. The predicted molar refractivity (Wildman–Crippen MR) is 127 cm³/mol. The van der Waals surface area contributed by atoms with Crippen molar-refractivity contribution < 1.29 is 14.3 Å². The molecule has 1 saturated carbocycles. The van der Waals surface area contributed by atoms with Gasteiger partial charge in [0.15, 0.2) is 0 Å². The van der Waals surface area contributed by atoms with Gasteiger partial charge in [-0.25, -0.2) is 0 Å². The van der Waals surface area contributed by atoms with E-state index in [-0.39, 0.29) is 17.7 Å². The van der Waals surface area contributed by atoms with E-state index in [1.54, 1.807) is 18.2 Å². The summed E-state index contributed by atoms with van der Waals surface area (Å²) in [5, 5.41) is 5.92. The van der Waals surface area contributed by atoms with E-state index in [4.69, 9.17) is 4.74 Å². The number of nitrogens with one attached hydrogen (secondary N) is 2. The maximum absolute atomic E-state index is 12.9. The second-order valence-corrected chi connectivity index (χ2v) is 8.13. The fourth-order valence-electron chi connectivity index (χ4n) is 4.00. The van der Waals surface area contributed by atoms with Gasteiger partial charge in [-0.3, -0.25) is 9.59 Å². The SMILES string of the molecule is O=C(Nc1cccc(NC(=O)C2CCCCC2)c1)c1ccccc1OCc1ccccc1. The Labute approximate surface area is 188 Å². The first-order chi connectivity index (χ1) is 15.7. The molecule has 0 saturated heterocycles. The predicted octanol–water partition coefficient (Wildman–Crippen LogP) is 6.04. The number of carbonyl (C=O) groups is 2. The monoisotopic (exact) mass is 428 g/mol. The standard InChI is InChI=1S/C27H28N2O3/c30-26(21-12-5-2-6-13-21)28-22-14-9-15-23(18-22)29-27(31)24-16-7-8-17-25(24)32-19-20-10-3-1-4-11-20/h1,3-4,7-11,14-18,21H,2,5-6,12-13,19H2,(H,28,30)(H,29,31). The third-order valence-corrected chi connectivity index (χ3v) is 5.73. The van der Waals surface area contributed by atoms with Gasteiger partial charge < -0.3 is 15.4 Å². The topological polar surface area (TPSA) is 67.4 Å². The van der Waals surface area contributed by atoms with Crippen LogP contribution in [0.4, 0.5) is 11.4 Å². The summed E-state index contributed by atoms with van der Waals surface area (Å²) in [6, 6.07) is 24.3. The molecule has 0 radical (unpaired) electrons. The van der Waals surface area contributed by atoms with E-state index in [1.165, 1.54) is 6.42 Å². The van der Waals surface area contributed by atoms with E-state index >= 15 is 0 Å². The largest absolute Gasteiger partial charge is 0.488 e. The van der Waals surface area contributed by atoms with E-state index in [9.17, 15) is 9.59 Å². The van der Waals surface area contributed by atoms with Crippen LogP contribution in [0.25, 0.3) is 0 Å². The van der Waals surface area contributed by atoms with Crippen LogP contribution in [-0.2, 0) is 11.4 Å². The Bertz CT molecular complexity index is 1060. The van der Waals surface area contributed by atoms with E-state index in [0.717, 1.165) is 31.2 Å². The molecule has 4 rings (SSSR count). The van der Waals surface area contributed by atoms with Crippen LogP contribution >= 0.6 is 0 Å². The van der Waals surface area contributed by atoms with Crippen LogP contribution in [0.5, 0.6) is 5.75 Å². The number of para-hydroxylation sites is 1. The van der Waals surface area contributed by atoms with Gasteiger partial charge in [0, 0.05) is 17.3 Å². The second-order valence-electron chi connectivity index (χ2n) is 8.13. The molecule has 0 heterocycles. The molecule has 2 amide bonds. The van der Waals surface area contributed by atoms with Crippen LogP contribution in [0.15, 0.2) is 78.9 Å². The van der Waals surface area contributed by atoms with Crippen molar-refractivity contribution in [3.8, 4) is 5.75 Å². The fraction of sp³-hybridized carbons (Fsp3) is 0.259. The lowest BCUT2D eigenvalue weighted by molar-refractivity contribution is -0.120. The fourth-order valence-corrected chi connectivity index (χ4v) is 4.00. The molecular weight excluding hydrogens is 400 g/mol. The van der Waals surface area contributed by atoms with Gasteiger partial charge >= 0.3 is 0 Å². The highest BCUT2D eigenvalue weighted by Crippen LogP contribution is 2.26. The number of hydrogen-bond acceptors (Lipinski definition) is 3. The van der Waals surface area contributed by atoms with Crippen molar-refractivity contribution in [3.05, 3.63) is 90.0 Å². The summed E-state index contributed by atoms with van der Waals surface area (Å²) in [7, 11) is 0. The molecular formula is C27H28N2O3. The molecule has 0 aromatic heterocycles. The van der Waals surface area contributed by atoms with Gasteiger partial charge in [-0.1, -0.05) is 67.8 Å². The number of carbonyl (C=O) groups excluding carboxylic acids is 2. The zero-order valence-electron chi connectivity index (χ0n) is 18.1. The maximum atomic E-state index is 12.9. The lowest BCUT2D eigenvalue weighted by Gasteiger charge is -2.21. The lowest BCUT2D eigenvalue weighted by Crippen LogP contribution is -2.24. The van der Waals surface area contributed by atoms with Crippen LogP contribution < -0.4 is 15.4 Å². The summed E-state index contributed by atoms with van der Waals surface area (Å²) in [6.45, 7) is 0.383.